The number of phenols is 2. The highest BCUT2D eigenvalue weighted by Gasteiger charge is 2.00. The SMILES string of the molecule is Cc1cc(O)c(S)cc1O. The lowest BCUT2D eigenvalue weighted by molar-refractivity contribution is 0.446. The molecule has 54 valence electrons. The fourth-order valence-electron chi connectivity index (χ4n) is 0.670. The Hall–Kier alpha value is -0.830. The molecule has 0 bridgehead atoms. The van der Waals surface area contributed by atoms with Gasteiger partial charge in [-0.05, 0) is 24.6 Å². The Morgan fingerprint density at radius 2 is 1.80 bits per heavy atom. The normalized spacial score (nSPS) is 9.80. The first-order valence-corrected chi connectivity index (χ1v) is 3.27. The topological polar surface area (TPSA) is 40.5 Å². The third-order valence-electron chi connectivity index (χ3n) is 1.29. The molecular weight excluding hydrogens is 148 g/mol. The van der Waals surface area contributed by atoms with Gasteiger partial charge in [0.1, 0.15) is 11.5 Å². The maximum atomic E-state index is 9.06. The fraction of sp³-hybridized carbons (Fsp3) is 0.143. The second-order valence-corrected chi connectivity index (χ2v) is 2.61. The van der Waals surface area contributed by atoms with Gasteiger partial charge in [-0.1, -0.05) is 0 Å². The van der Waals surface area contributed by atoms with E-state index in [0.717, 1.165) is 0 Å². The van der Waals surface area contributed by atoms with Crippen molar-refractivity contribution < 1.29 is 10.2 Å². The second kappa shape index (κ2) is 2.42. The van der Waals surface area contributed by atoms with Crippen molar-refractivity contribution >= 4 is 12.6 Å². The van der Waals surface area contributed by atoms with E-state index in [1.807, 2.05) is 0 Å². The quantitative estimate of drug-likeness (QED) is 0.395. The number of aryl methyl sites for hydroxylation is 1. The number of hydrogen-bond acceptors (Lipinski definition) is 3. The Balaban J connectivity index is 3.28. The van der Waals surface area contributed by atoms with E-state index in [0.29, 0.717) is 10.5 Å². The minimum Gasteiger partial charge on any atom is -0.508 e. The molecule has 0 saturated carbocycles. The van der Waals surface area contributed by atoms with Crippen LogP contribution in [0.2, 0.25) is 0 Å². The van der Waals surface area contributed by atoms with Crippen molar-refractivity contribution in [2.45, 2.75) is 11.8 Å². The van der Waals surface area contributed by atoms with E-state index in [4.69, 9.17) is 10.2 Å². The summed E-state index contributed by atoms with van der Waals surface area (Å²) in [6.45, 7) is 1.71. The molecule has 10 heavy (non-hydrogen) atoms. The van der Waals surface area contributed by atoms with Crippen molar-refractivity contribution in [1.82, 2.24) is 0 Å². The maximum absolute atomic E-state index is 9.06. The van der Waals surface area contributed by atoms with Crippen LogP contribution in [0.4, 0.5) is 0 Å². The molecule has 0 aromatic heterocycles. The summed E-state index contributed by atoms with van der Waals surface area (Å²) in [5, 5.41) is 18.1. The maximum Gasteiger partial charge on any atom is 0.129 e. The van der Waals surface area contributed by atoms with Gasteiger partial charge in [0.15, 0.2) is 0 Å². The van der Waals surface area contributed by atoms with Crippen LogP contribution in [0.3, 0.4) is 0 Å². The van der Waals surface area contributed by atoms with Gasteiger partial charge in [-0.15, -0.1) is 12.6 Å². The first-order valence-electron chi connectivity index (χ1n) is 2.83. The zero-order chi connectivity index (χ0) is 7.72. The Labute approximate surface area is 64.5 Å². The zero-order valence-electron chi connectivity index (χ0n) is 5.50. The predicted molar refractivity (Wildman–Crippen MR) is 41.8 cm³/mol. The van der Waals surface area contributed by atoms with Crippen LogP contribution < -0.4 is 0 Å². The van der Waals surface area contributed by atoms with Crippen LogP contribution in [0.1, 0.15) is 5.56 Å². The molecule has 0 aliphatic heterocycles. The van der Waals surface area contributed by atoms with E-state index < -0.39 is 0 Å². The van der Waals surface area contributed by atoms with Crippen LogP contribution in [-0.4, -0.2) is 10.2 Å². The van der Waals surface area contributed by atoms with E-state index in [9.17, 15) is 0 Å². The van der Waals surface area contributed by atoms with Crippen molar-refractivity contribution in [3.05, 3.63) is 17.7 Å². The predicted octanol–water partition coefficient (Wildman–Crippen LogP) is 1.69. The molecule has 0 atom stereocenters. The molecule has 0 saturated heterocycles. The van der Waals surface area contributed by atoms with Crippen molar-refractivity contribution in [3.8, 4) is 11.5 Å². The fourth-order valence-corrected chi connectivity index (χ4v) is 0.857. The Bertz CT molecular complexity index is 208. The van der Waals surface area contributed by atoms with E-state index in [2.05, 4.69) is 12.6 Å². The molecule has 2 nitrogen and oxygen atoms in total. The molecule has 2 N–H and O–H groups in total. The van der Waals surface area contributed by atoms with Crippen molar-refractivity contribution in [2.75, 3.05) is 0 Å². The lowest BCUT2D eigenvalue weighted by atomic mass is 10.2. The average molecular weight is 156 g/mol. The Morgan fingerprint density at radius 1 is 1.20 bits per heavy atom. The zero-order valence-corrected chi connectivity index (χ0v) is 6.39. The minimum absolute atomic E-state index is 0.0960. The van der Waals surface area contributed by atoms with Crippen LogP contribution in [0.5, 0.6) is 11.5 Å². The van der Waals surface area contributed by atoms with Gasteiger partial charge in [0.25, 0.3) is 0 Å². The third kappa shape index (κ3) is 1.19. The molecule has 0 aliphatic rings. The number of benzene rings is 1. The molecule has 1 aromatic carbocycles. The van der Waals surface area contributed by atoms with E-state index in [-0.39, 0.29) is 11.5 Å². The van der Waals surface area contributed by atoms with Gasteiger partial charge in [-0.25, -0.2) is 0 Å². The average Bonchev–Trinajstić information content (AvgIpc) is 1.84. The summed E-state index contributed by atoms with van der Waals surface area (Å²) in [4.78, 5) is 0.392. The van der Waals surface area contributed by atoms with Gasteiger partial charge < -0.3 is 10.2 Å². The van der Waals surface area contributed by atoms with Gasteiger partial charge >= 0.3 is 0 Å². The lowest BCUT2D eigenvalue weighted by Crippen LogP contribution is -1.75. The highest BCUT2D eigenvalue weighted by atomic mass is 32.1. The van der Waals surface area contributed by atoms with Crippen LogP contribution in [0, 0.1) is 6.92 Å². The highest BCUT2D eigenvalue weighted by molar-refractivity contribution is 7.80. The summed E-state index contributed by atoms with van der Waals surface area (Å²) in [5.41, 5.74) is 0.648. The van der Waals surface area contributed by atoms with Crippen molar-refractivity contribution in [3.63, 3.8) is 0 Å². The van der Waals surface area contributed by atoms with Gasteiger partial charge in [0.05, 0.1) is 0 Å². The van der Waals surface area contributed by atoms with Crippen molar-refractivity contribution in [1.29, 1.82) is 0 Å². The van der Waals surface area contributed by atoms with Gasteiger partial charge in [0, 0.05) is 4.90 Å². The van der Waals surface area contributed by atoms with E-state index in [1.165, 1.54) is 12.1 Å². The van der Waals surface area contributed by atoms with Crippen LogP contribution >= 0.6 is 12.6 Å². The standard InChI is InChI=1S/C7H8O2S/c1-4-2-6(9)7(10)3-5(4)8/h2-3,8-10H,1H3. The smallest absolute Gasteiger partial charge is 0.129 e. The third-order valence-corrected chi connectivity index (χ3v) is 1.65. The monoisotopic (exact) mass is 156 g/mol. The Kier molecular flexibility index (Phi) is 1.76. The van der Waals surface area contributed by atoms with Gasteiger partial charge in [0.2, 0.25) is 0 Å². The van der Waals surface area contributed by atoms with Crippen molar-refractivity contribution in [2.24, 2.45) is 0 Å². The Morgan fingerprint density at radius 3 is 2.30 bits per heavy atom. The summed E-state index contributed by atoms with van der Waals surface area (Å²) in [7, 11) is 0. The van der Waals surface area contributed by atoms with Gasteiger partial charge in [-0.3, -0.25) is 0 Å². The molecule has 1 aromatic rings. The van der Waals surface area contributed by atoms with E-state index >= 15 is 0 Å². The molecule has 0 aliphatic carbocycles. The summed E-state index contributed by atoms with van der Waals surface area (Å²) in [6, 6.07) is 2.88. The number of phenolic OH excluding ortho intramolecular Hbond substituents is 2. The summed E-state index contributed by atoms with van der Waals surface area (Å²) in [6.07, 6.45) is 0. The summed E-state index contributed by atoms with van der Waals surface area (Å²) < 4.78 is 0. The second-order valence-electron chi connectivity index (χ2n) is 2.13. The van der Waals surface area contributed by atoms with Crippen LogP contribution in [0.15, 0.2) is 17.0 Å². The molecule has 0 amide bonds. The number of hydrogen-bond donors (Lipinski definition) is 3. The lowest BCUT2D eigenvalue weighted by Gasteiger charge is -2.00. The number of thiol groups is 1. The molecule has 0 spiro atoms. The van der Waals surface area contributed by atoms with Crippen LogP contribution in [-0.2, 0) is 0 Å². The molecule has 0 radical (unpaired) electrons. The highest BCUT2D eigenvalue weighted by Crippen LogP contribution is 2.28. The first kappa shape index (κ1) is 7.28. The summed E-state index contributed by atoms with van der Waals surface area (Å²) >= 11 is 3.90. The largest absolute Gasteiger partial charge is 0.508 e. The molecular formula is C7H8O2S. The van der Waals surface area contributed by atoms with Crippen LogP contribution in [0.25, 0.3) is 0 Å². The summed E-state index contributed by atoms with van der Waals surface area (Å²) in [5.74, 6) is 0.251. The number of rotatable bonds is 0. The van der Waals surface area contributed by atoms with E-state index in [1.54, 1.807) is 6.92 Å². The molecule has 0 unspecified atom stereocenters. The molecule has 0 fully saturated rings. The molecule has 1 rings (SSSR count). The number of aromatic hydroxyl groups is 2. The molecule has 0 heterocycles. The van der Waals surface area contributed by atoms with Gasteiger partial charge in [-0.2, -0.15) is 0 Å². The first-order chi connectivity index (χ1) is 4.61. The minimum atomic E-state index is 0.0960. The molecule has 3 heteroatoms.